The van der Waals surface area contributed by atoms with E-state index in [0.717, 1.165) is 31.2 Å². The van der Waals surface area contributed by atoms with Gasteiger partial charge in [0.05, 0.1) is 47.1 Å². The van der Waals surface area contributed by atoms with Gasteiger partial charge in [-0.15, -0.1) is 0 Å². The number of carbonyl (C=O) groups excluding carboxylic acids is 1. The Morgan fingerprint density at radius 2 is 1.71 bits per heavy atom. The number of hydrogen-bond acceptors (Lipinski definition) is 9. The summed E-state index contributed by atoms with van der Waals surface area (Å²) in [6.45, 7) is 4.34. The summed E-state index contributed by atoms with van der Waals surface area (Å²) in [6.07, 6.45) is 3.65. The fourth-order valence-electron chi connectivity index (χ4n) is 6.48. The van der Waals surface area contributed by atoms with E-state index in [-0.39, 0.29) is 23.2 Å². The zero-order valence-corrected chi connectivity index (χ0v) is 29.8. The van der Waals surface area contributed by atoms with E-state index in [1.165, 1.54) is 7.11 Å². The van der Waals surface area contributed by atoms with Gasteiger partial charge in [-0.25, -0.2) is 23.7 Å². The van der Waals surface area contributed by atoms with Crippen LogP contribution in [0.5, 0.6) is 5.88 Å². The predicted molar refractivity (Wildman–Crippen MR) is 197 cm³/mol. The van der Waals surface area contributed by atoms with Gasteiger partial charge in [0, 0.05) is 41.0 Å². The SMILES string of the molecule is C=Cc1cnc2c(Nc3cccc(-c4cccc(-c5ccc(CN(C)C6CCC(C(=O)OC)CC6)c(OC)n5)c4Cl)c3Cl)nc(C(F)F)nc2c1. The molecule has 0 saturated heterocycles. The third-order valence-corrected chi connectivity index (χ3v) is 10.0. The molecule has 3 heterocycles. The van der Waals surface area contributed by atoms with Crippen molar-refractivity contribution in [2.24, 2.45) is 5.92 Å². The number of benzene rings is 2. The number of methoxy groups -OCH3 is 2. The van der Waals surface area contributed by atoms with Crippen LogP contribution in [0.1, 0.15) is 49.1 Å². The van der Waals surface area contributed by atoms with Gasteiger partial charge in [0.25, 0.3) is 6.43 Å². The number of halogens is 4. The van der Waals surface area contributed by atoms with Crippen molar-refractivity contribution in [1.82, 2.24) is 24.8 Å². The molecule has 0 unspecified atom stereocenters. The number of carbonyl (C=O) groups is 1. The van der Waals surface area contributed by atoms with Crippen LogP contribution in [0, 0.1) is 5.92 Å². The number of aromatic nitrogens is 4. The van der Waals surface area contributed by atoms with E-state index in [1.54, 1.807) is 37.6 Å². The largest absolute Gasteiger partial charge is 0.481 e. The summed E-state index contributed by atoms with van der Waals surface area (Å²) in [5.41, 5.74) is 5.05. The smallest absolute Gasteiger partial charge is 0.308 e. The predicted octanol–water partition coefficient (Wildman–Crippen LogP) is 9.56. The topological polar surface area (TPSA) is 102 Å². The van der Waals surface area contributed by atoms with Crippen molar-refractivity contribution in [3.8, 4) is 28.3 Å². The molecule has 264 valence electrons. The Balaban J connectivity index is 1.26. The number of esters is 1. The second kappa shape index (κ2) is 15.7. The highest BCUT2D eigenvalue weighted by atomic mass is 35.5. The lowest BCUT2D eigenvalue weighted by Crippen LogP contribution is -2.36. The maximum absolute atomic E-state index is 13.8. The number of nitrogens with zero attached hydrogens (tertiary/aromatic N) is 5. The van der Waals surface area contributed by atoms with E-state index in [1.807, 2.05) is 36.4 Å². The van der Waals surface area contributed by atoms with Crippen LogP contribution in [0.15, 0.2) is 67.4 Å². The maximum atomic E-state index is 13.8. The number of alkyl halides is 2. The zero-order valence-electron chi connectivity index (χ0n) is 28.3. The molecule has 6 rings (SSSR count). The average molecular weight is 734 g/mol. The Bertz CT molecular complexity index is 2090. The van der Waals surface area contributed by atoms with E-state index in [4.69, 9.17) is 37.7 Å². The molecule has 0 bridgehead atoms. The highest BCUT2D eigenvalue weighted by Crippen LogP contribution is 2.42. The Morgan fingerprint density at radius 3 is 2.39 bits per heavy atom. The molecule has 1 saturated carbocycles. The standard InChI is InChI=1S/C38H36Cl2F2N6O3/c1-5-21-18-30-33(43-19-21)35(47-36(45-30)34(41)42)44-29-11-7-9-26(32(29)40)25-8-6-10-27(31(25)39)28-17-14-23(37(46-28)50-3)20-48(2)24-15-12-22(13-16-24)38(49)51-4/h5-11,14,17-19,22,24,34H,1,12-13,15-16,20H2,2-4H3,(H,44,45,47). The van der Waals surface area contributed by atoms with Crippen LogP contribution >= 0.6 is 23.2 Å². The molecule has 0 aliphatic heterocycles. The monoisotopic (exact) mass is 732 g/mol. The third-order valence-electron chi connectivity index (χ3n) is 9.23. The number of anilines is 2. The summed E-state index contributed by atoms with van der Waals surface area (Å²) in [4.78, 5) is 31.5. The van der Waals surface area contributed by atoms with Crippen molar-refractivity contribution in [1.29, 1.82) is 0 Å². The van der Waals surface area contributed by atoms with Crippen molar-refractivity contribution >= 4 is 57.8 Å². The average Bonchev–Trinajstić information content (AvgIpc) is 3.15. The third kappa shape index (κ3) is 7.66. The molecule has 1 N–H and O–H groups in total. The van der Waals surface area contributed by atoms with Crippen molar-refractivity contribution in [3.63, 3.8) is 0 Å². The van der Waals surface area contributed by atoms with Gasteiger partial charge >= 0.3 is 5.97 Å². The molecule has 1 aliphatic rings. The molecule has 5 aromatic rings. The Labute approximate surface area is 304 Å². The van der Waals surface area contributed by atoms with E-state index in [9.17, 15) is 13.6 Å². The number of ether oxygens (including phenoxy) is 2. The van der Waals surface area contributed by atoms with Crippen molar-refractivity contribution < 1.29 is 23.0 Å². The van der Waals surface area contributed by atoms with Gasteiger partial charge in [0.2, 0.25) is 5.88 Å². The Kier molecular flexibility index (Phi) is 11.1. The normalized spacial score (nSPS) is 16.0. The Morgan fingerprint density at radius 1 is 1.00 bits per heavy atom. The summed E-state index contributed by atoms with van der Waals surface area (Å²) in [6, 6.07) is 16.7. The molecule has 2 aromatic carbocycles. The minimum atomic E-state index is -2.90. The quantitative estimate of drug-likeness (QED) is 0.133. The van der Waals surface area contributed by atoms with Gasteiger partial charge in [0.1, 0.15) is 5.52 Å². The number of pyridine rings is 2. The van der Waals surface area contributed by atoms with Crippen molar-refractivity contribution in [3.05, 3.63) is 94.4 Å². The minimum absolute atomic E-state index is 0.0345. The molecule has 1 aliphatic carbocycles. The first-order valence-electron chi connectivity index (χ1n) is 16.4. The van der Waals surface area contributed by atoms with Gasteiger partial charge in [-0.05, 0) is 56.5 Å². The van der Waals surface area contributed by atoms with E-state index >= 15 is 0 Å². The van der Waals surface area contributed by atoms with E-state index < -0.39 is 12.2 Å². The maximum Gasteiger partial charge on any atom is 0.308 e. The zero-order chi connectivity index (χ0) is 36.2. The molecule has 13 heteroatoms. The summed E-state index contributed by atoms with van der Waals surface area (Å²) in [5, 5.41) is 3.81. The highest BCUT2D eigenvalue weighted by molar-refractivity contribution is 6.39. The van der Waals surface area contributed by atoms with Crippen LogP contribution in [0.4, 0.5) is 20.3 Å². The lowest BCUT2D eigenvalue weighted by molar-refractivity contribution is -0.146. The molecule has 9 nitrogen and oxygen atoms in total. The van der Waals surface area contributed by atoms with Gasteiger partial charge < -0.3 is 14.8 Å². The molecule has 0 radical (unpaired) electrons. The molecule has 0 amide bonds. The Hall–Kier alpha value is -4.71. The molecule has 3 aromatic heterocycles. The summed E-state index contributed by atoms with van der Waals surface area (Å²) in [5.74, 6) is -0.232. The first kappa shape index (κ1) is 36.1. The van der Waals surface area contributed by atoms with Gasteiger partial charge in [-0.3, -0.25) is 14.7 Å². The summed E-state index contributed by atoms with van der Waals surface area (Å²) < 4.78 is 38.2. The van der Waals surface area contributed by atoms with E-state index in [2.05, 4.69) is 38.8 Å². The van der Waals surface area contributed by atoms with Gasteiger partial charge in [-0.1, -0.05) is 72.3 Å². The van der Waals surface area contributed by atoms with Crippen LogP contribution in [0.25, 0.3) is 39.5 Å². The van der Waals surface area contributed by atoms with Gasteiger partial charge in [0.15, 0.2) is 11.6 Å². The number of hydrogen-bond donors (Lipinski definition) is 1. The summed E-state index contributed by atoms with van der Waals surface area (Å²) >= 11 is 14.0. The minimum Gasteiger partial charge on any atom is -0.481 e. The van der Waals surface area contributed by atoms with Crippen LogP contribution in [-0.4, -0.2) is 58.1 Å². The highest BCUT2D eigenvalue weighted by Gasteiger charge is 2.29. The fraction of sp³-hybridized carbons (Fsp3) is 0.289. The second-order valence-corrected chi connectivity index (χ2v) is 13.1. The van der Waals surface area contributed by atoms with Crippen molar-refractivity contribution in [2.75, 3.05) is 26.6 Å². The summed E-state index contributed by atoms with van der Waals surface area (Å²) in [7, 11) is 5.10. The first-order valence-corrected chi connectivity index (χ1v) is 17.1. The van der Waals surface area contributed by atoms with Crippen LogP contribution < -0.4 is 10.1 Å². The first-order chi connectivity index (χ1) is 24.6. The molecule has 0 atom stereocenters. The molecule has 0 spiro atoms. The number of rotatable bonds is 11. The van der Waals surface area contributed by atoms with Crippen LogP contribution in [0.2, 0.25) is 10.0 Å². The van der Waals surface area contributed by atoms with Gasteiger partial charge in [-0.2, -0.15) is 0 Å². The van der Waals surface area contributed by atoms with Crippen LogP contribution in [0.3, 0.4) is 0 Å². The van der Waals surface area contributed by atoms with Crippen LogP contribution in [-0.2, 0) is 16.1 Å². The van der Waals surface area contributed by atoms with Crippen molar-refractivity contribution in [2.45, 2.75) is 44.7 Å². The van der Waals surface area contributed by atoms with E-state index in [0.29, 0.717) is 67.7 Å². The number of nitrogens with one attached hydrogen (secondary N) is 1. The molecular formula is C38H36Cl2F2N6O3. The lowest BCUT2D eigenvalue weighted by atomic mass is 9.85. The molecule has 51 heavy (non-hydrogen) atoms. The number of fused-ring (bicyclic) bond motifs is 1. The second-order valence-electron chi connectivity index (χ2n) is 12.3. The lowest BCUT2D eigenvalue weighted by Gasteiger charge is -2.34. The molecule has 1 fully saturated rings. The molecular weight excluding hydrogens is 697 g/mol. The fourth-order valence-corrected chi connectivity index (χ4v) is 7.08.